The minimum absolute atomic E-state index is 0.126. The van der Waals surface area contributed by atoms with Crippen LogP contribution in [0.25, 0.3) is 16.9 Å². The second-order valence-electron chi connectivity index (χ2n) is 7.83. The molecule has 10 heteroatoms. The molecular weight excluding hydrogens is 404 g/mol. The molecule has 2 aliphatic rings. The van der Waals surface area contributed by atoms with Crippen LogP contribution in [0.4, 0.5) is 20.5 Å². The Labute approximate surface area is 178 Å². The molecule has 0 bridgehead atoms. The van der Waals surface area contributed by atoms with Crippen molar-refractivity contribution in [2.45, 2.75) is 19.4 Å². The highest BCUT2D eigenvalue weighted by Gasteiger charge is 2.26. The number of piperazine rings is 1. The number of morpholine rings is 1. The van der Waals surface area contributed by atoms with Crippen molar-refractivity contribution in [1.82, 2.24) is 24.8 Å². The van der Waals surface area contributed by atoms with E-state index in [0.717, 1.165) is 26.2 Å². The maximum absolute atomic E-state index is 14.0. The zero-order valence-electron chi connectivity index (χ0n) is 17.3. The summed E-state index contributed by atoms with van der Waals surface area (Å²) in [4.78, 5) is 18.0. The van der Waals surface area contributed by atoms with Crippen LogP contribution in [-0.2, 0) is 4.74 Å². The topological polar surface area (TPSA) is 71.3 Å². The Morgan fingerprint density at radius 3 is 2.61 bits per heavy atom. The number of nitrogens with zero attached hydrogens (tertiary/aromatic N) is 6. The Hall–Kier alpha value is -2.85. The summed E-state index contributed by atoms with van der Waals surface area (Å²) in [7, 11) is 0. The van der Waals surface area contributed by atoms with Gasteiger partial charge in [-0.1, -0.05) is 12.1 Å². The number of para-hydroxylation sites is 2. The van der Waals surface area contributed by atoms with E-state index in [0.29, 0.717) is 48.4 Å². The molecule has 0 spiro atoms. The third-order valence-corrected chi connectivity index (χ3v) is 5.76. The lowest BCUT2D eigenvalue weighted by molar-refractivity contribution is 0.0985. The Morgan fingerprint density at radius 1 is 1.06 bits per heavy atom. The van der Waals surface area contributed by atoms with E-state index in [-0.39, 0.29) is 11.9 Å². The SMILES string of the molecule is C[C@H]1COCCN1c1cc(-n2c(C(F)F)nc3ccccc32)nc(N2CCNCC2)n1. The zero-order valence-corrected chi connectivity index (χ0v) is 17.3. The van der Waals surface area contributed by atoms with Gasteiger partial charge in [0.2, 0.25) is 5.95 Å². The van der Waals surface area contributed by atoms with E-state index < -0.39 is 6.43 Å². The van der Waals surface area contributed by atoms with E-state index in [2.05, 4.69) is 27.0 Å². The molecule has 5 rings (SSSR count). The van der Waals surface area contributed by atoms with Gasteiger partial charge in [-0.05, 0) is 19.1 Å². The van der Waals surface area contributed by atoms with E-state index >= 15 is 0 Å². The van der Waals surface area contributed by atoms with Gasteiger partial charge < -0.3 is 19.9 Å². The van der Waals surface area contributed by atoms with Gasteiger partial charge >= 0.3 is 0 Å². The van der Waals surface area contributed by atoms with Crippen LogP contribution in [0.2, 0.25) is 0 Å². The first kappa shape index (κ1) is 20.1. The molecule has 0 radical (unpaired) electrons. The van der Waals surface area contributed by atoms with Gasteiger partial charge in [0.1, 0.15) is 11.6 Å². The van der Waals surface area contributed by atoms with Crippen LogP contribution < -0.4 is 15.1 Å². The van der Waals surface area contributed by atoms with Crippen molar-refractivity contribution in [1.29, 1.82) is 0 Å². The molecule has 31 heavy (non-hydrogen) atoms. The Morgan fingerprint density at radius 2 is 1.84 bits per heavy atom. The fourth-order valence-corrected chi connectivity index (χ4v) is 4.18. The summed E-state index contributed by atoms with van der Waals surface area (Å²) in [5.41, 5.74) is 1.12. The minimum Gasteiger partial charge on any atom is -0.377 e. The molecule has 0 unspecified atom stereocenters. The van der Waals surface area contributed by atoms with E-state index in [4.69, 9.17) is 14.7 Å². The number of hydrogen-bond donors (Lipinski definition) is 1. The number of aromatic nitrogens is 4. The van der Waals surface area contributed by atoms with Gasteiger partial charge in [0.15, 0.2) is 5.82 Å². The number of imidazole rings is 1. The first-order chi connectivity index (χ1) is 15.1. The third-order valence-electron chi connectivity index (χ3n) is 5.76. The monoisotopic (exact) mass is 429 g/mol. The minimum atomic E-state index is -2.73. The zero-order chi connectivity index (χ0) is 21.4. The van der Waals surface area contributed by atoms with Crippen LogP contribution in [0.15, 0.2) is 30.3 Å². The lowest BCUT2D eigenvalue weighted by Crippen LogP contribution is -2.46. The highest BCUT2D eigenvalue weighted by molar-refractivity contribution is 5.78. The summed E-state index contributed by atoms with van der Waals surface area (Å²) in [6.07, 6.45) is -2.73. The van der Waals surface area contributed by atoms with Crippen molar-refractivity contribution in [3.05, 3.63) is 36.2 Å². The number of anilines is 2. The Kier molecular flexibility index (Phi) is 5.41. The molecule has 4 heterocycles. The number of fused-ring (bicyclic) bond motifs is 1. The maximum atomic E-state index is 14.0. The van der Waals surface area contributed by atoms with Crippen molar-refractivity contribution in [3.63, 3.8) is 0 Å². The summed E-state index contributed by atoms with van der Waals surface area (Å²) in [5, 5.41) is 3.32. The van der Waals surface area contributed by atoms with Gasteiger partial charge in [0.25, 0.3) is 6.43 Å². The van der Waals surface area contributed by atoms with E-state index in [1.54, 1.807) is 24.3 Å². The Bertz CT molecular complexity index is 1070. The molecule has 3 aromatic rings. The highest BCUT2D eigenvalue weighted by atomic mass is 19.3. The quantitative estimate of drug-likeness (QED) is 0.683. The van der Waals surface area contributed by atoms with Gasteiger partial charge in [0, 0.05) is 38.8 Å². The van der Waals surface area contributed by atoms with Crippen LogP contribution in [0.1, 0.15) is 19.2 Å². The highest BCUT2D eigenvalue weighted by Crippen LogP contribution is 2.30. The van der Waals surface area contributed by atoms with Crippen LogP contribution in [-0.4, -0.2) is 71.5 Å². The lowest BCUT2D eigenvalue weighted by Gasteiger charge is -2.35. The van der Waals surface area contributed by atoms with E-state index in [1.165, 1.54) is 4.57 Å². The Balaban J connectivity index is 1.68. The molecule has 2 aliphatic heterocycles. The molecule has 0 saturated carbocycles. The first-order valence-electron chi connectivity index (χ1n) is 10.6. The van der Waals surface area contributed by atoms with E-state index in [9.17, 15) is 8.78 Å². The molecule has 2 aromatic heterocycles. The van der Waals surface area contributed by atoms with E-state index in [1.807, 2.05) is 6.07 Å². The smallest absolute Gasteiger partial charge is 0.296 e. The number of alkyl halides is 2. The average Bonchev–Trinajstić information content (AvgIpc) is 3.20. The lowest BCUT2D eigenvalue weighted by atomic mass is 10.2. The van der Waals surface area contributed by atoms with Gasteiger partial charge in [-0.15, -0.1) is 0 Å². The largest absolute Gasteiger partial charge is 0.377 e. The summed E-state index contributed by atoms with van der Waals surface area (Å²) >= 11 is 0. The van der Waals surface area contributed by atoms with Crippen LogP contribution in [0.3, 0.4) is 0 Å². The molecule has 1 aromatic carbocycles. The maximum Gasteiger partial charge on any atom is 0.296 e. The normalized spacial score (nSPS) is 20.1. The average molecular weight is 429 g/mol. The summed E-state index contributed by atoms with van der Waals surface area (Å²) in [6, 6.07) is 9.05. The molecule has 2 fully saturated rings. The number of halogens is 2. The second-order valence-corrected chi connectivity index (χ2v) is 7.83. The van der Waals surface area contributed by atoms with Crippen molar-refractivity contribution in [2.24, 2.45) is 0 Å². The molecule has 164 valence electrons. The summed E-state index contributed by atoms with van der Waals surface area (Å²) < 4.78 is 34.9. The molecule has 2 saturated heterocycles. The van der Waals surface area contributed by atoms with Crippen molar-refractivity contribution in [3.8, 4) is 5.82 Å². The second kappa shape index (κ2) is 8.35. The number of rotatable bonds is 4. The number of hydrogen-bond acceptors (Lipinski definition) is 7. The standard InChI is InChI=1S/C21H25F2N7O/c1-14-13-31-11-10-29(14)17-12-18(27-21(26-17)28-8-6-24-7-9-28)30-16-5-3-2-4-15(16)25-20(30)19(22)23/h2-5,12,14,19,24H,6-11,13H2,1H3/t14-/m0/s1. The van der Waals surface area contributed by atoms with Gasteiger partial charge in [-0.2, -0.15) is 9.97 Å². The molecule has 0 aliphatic carbocycles. The van der Waals surface area contributed by atoms with Crippen LogP contribution in [0.5, 0.6) is 0 Å². The van der Waals surface area contributed by atoms with Gasteiger partial charge in [0.05, 0.1) is 30.3 Å². The van der Waals surface area contributed by atoms with Crippen molar-refractivity contribution < 1.29 is 13.5 Å². The predicted octanol–water partition coefficient (Wildman–Crippen LogP) is 2.39. The number of ether oxygens (including phenoxy) is 1. The third kappa shape index (κ3) is 3.81. The fraction of sp³-hybridized carbons (Fsp3) is 0.476. The number of benzene rings is 1. The molecule has 1 N–H and O–H groups in total. The fourth-order valence-electron chi connectivity index (χ4n) is 4.18. The van der Waals surface area contributed by atoms with Crippen LogP contribution in [0, 0.1) is 0 Å². The molecular formula is C21H25F2N7O. The first-order valence-corrected chi connectivity index (χ1v) is 10.6. The van der Waals surface area contributed by atoms with Crippen molar-refractivity contribution >= 4 is 22.8 Å². The van der Waals surface area contributed by atoms with Gasteiger partial charge in [-0.3, -0.25) is 4.57 Å². The summed E-state index contributed by atoms with van der Waals surface area (Å²) in [5.74, 6) is 1.35. The summed E-state index contributed by atoms with van der Waals surface area (Å²) in [6.45, 7) is 7.12. The molecule has 1 atom stereocenters. The molecule has 0 amide bonds. The number of nitrogens with one attached hydrogen (secondary N) is 1. The molecule has 8 nitrogen and oxygen atoms in total. The van der Waals surface area contributed by atoms with Crippen molar-refractivity contribution in [2.75, 3.05) is 55.7 Å². The van der Waals surface area contributed by atoms with Crippen LogP contribution >= 0.6 is 0 Å². The predicted molar refractivity (Wildman–Crippen MR) is 114 cm³/mol. The van der Waals surface area contributed by atoms with Gasteiger partial charge in [-0.25, -0.2) is 13.8 Å².